The van der Waals surface area contributed by atoms with E-state index in [1.807, 2.05) is 30.3 Å². The van der Waals surface area contributed by atoms with Crippen LogP contribution >= 0.6 is 11.3 Å². The average molecular weight is 434 g/mol. The quantitative estimate of drug-likeness (QED) is 0.530. The topological polar surface area (TPSA) is 38.8 Å². The molecule has 1 atom stereocenters. The lowest BCUT2D eigenvalue weighted by molar-refractivity contribution is -0.226. The Hall–Kier alpha value is -2.31. The fourth-order valence-electron chi connectivity index (χ4n) is 4.75. The van der Waals surface area contributed by atoms with E-state index in [9.17, 15) is 4.79 Å². The van der Waals surface area contributed by atoms with Crippen LogP contribution in [-0.2, 0) is 28.0 Å². The minimum atomic E-state index is -0.368. The highest BCUT2D eigenvalue weighted by Crippen LogP contribution is 2.47. The van der Waals surface area contributed by atoms with Crippen molar-refractivity contribution in [3.63, 3.8) is 0 Å². The van der Waals surface area contributed by atoms with Gasteiger partial charge in [0.2, 0.25) is 5.78 Å². The molecule has 3 aromatic rings. The van der Waals surface area contributed by atoms with Gasteiger partial charge in [-0.05, 0) is 30.0 Å². The number of piperidine rings is 1. The van der Waals surface area contributed by atoms with Gasteiger partial charge in [-0.3, -0.25) is 9.69 Å². The summed E-state index contributed by atoms with van der Waals surface area (Å²) in [5.41, 5.74) is 2.90. The molecule has 2 aliphatic rings. The SMILES string of the molecule is COC1Cc2sc(C(=O)c3ccccc3)cc2C2(CCN(Cc3ccccc3)CC2)O1. The summed E-state index contributed by atoms with van der Waals surface area (Å²) in [4.78, 5) is 17.6. The highest BCUT2D eigenvalue weighted by Gasteiger charge is 2.45. The molecule has 0 N–H and O–H groups in total. The molecule has 0 amide bonds. The van der Waals surface area contributed by atoms with Crippen molar-refractivity contribution in [2.45, 2.75) is 37.7 Å². The number of benzene rings is 2. The van der Waals surface area contributed by atoms with Crippen LogP contribution < -0.4 is 0 Å². The van der Waals surface area contributed by atoms with Crippen LogP contribution in [-0.4, -0.2) is 37.2 Å². The summed E-state index contributed by atoms with van der Waals surface area (Å²) in [7, 11) is 1.71. The molecule has 0 aliphatic carbocycles. The van der Waals surface area contributed by atoms with Crippen LogP contribution in [0.25, 0.3) is 0 Å². The number of ketones is 1. The molecule has 5 heteroatoms. The van der Waals surface area contributed by atoms with Crippen molar-refractivity contribution in [1.82, 2.24) is 4.90 Å². The molecule has 2 aromatic carbocycles. The summed E-state index contributed by atoms with van der Waals surface area (Å²) in [6.07, 6.45) is 2.25. The fraction of sp³-hybridized carbons (Fsp3) is 0.346. The maximum absolute atomic E-state index is 13.1. The van der Waals surface area contributed by atoms with Crippen molar-refractivity contribution in [1.29, 1.82) is 0 Å². The van der Waals surface area contributed by atoms with E-state index in [0.717, 1.165) is 42.9 Å². The normalized spacial score (nSPS) is 20.5. The summed E-state index contributed by atoms with van der Waals surface area (Å²) in [5.74, 6) is 0.0885. The minimum Gasteiger partial charge on any atom is -0.355 e. The maximum Gasteiger partial charge on any atom is 0.202 e. The van der Waals surface area contributed by atoms with Crippen molar-refractivity contribution in [3.05, 3.63) is 93.2 Å². The third kappa shape index (κ3) is 4.11. The molecule has 0 radical (unpaired) electrons. The molecular weight excluding hydrogens is 406 g/mol. The van der Waals surface area contributed by atoms with Gasteiger partial charge in [-0.15, -0.1) is 11.3 Å². The van der Waals surface area contributed by atoms with Gasteiger partial charge in [0.15, 0.2) is 6.29 Å². The van der Waals surface area contributed by atoms with Gasteiger partial charge in [-0.1, -0.05) is 60.7 Å². The molecule has 0 bridgehead atoms. The maximum atomic E-state index is 13.1. The number of likely N-dealkylation sites (tertiary alicyclic amines) is 1. The van der Waals surface area contributed by atoms with E-state index in [1.54, 1.807) is 18.4 Å². The van der Waals surface area contributed by atoms with Crippen LogP contribution in [0.4, 0.5) is 0 Å². The third-order valence-corrected chi connectivity index (χ3v) is 7.60. The second-order valence-corrected chi connectivity index (χ2v) is 9.52. The summed E-state index contributed by atoms with van der Waals surface area (Å²) in [6.45, 7) is 2.88. The van der Waals surface area contributed by atoms with E-state index in [-0.39, 0.29) is 17.7 Å². The Kier molecular flexibility index (Phi) is 5.76. The van der Waals surface area contributed by atoms with Crippen LogP contribution in [0.15, 0.2) is 66.7 Å². The van der Waals surface area contributed by atoms with Crippen LogP contribution in [0.1, 0.15) is 44.1 Å². The monoisotopic (exact) mass is 433 g/mol. The molecular formula is C26H27NO3S. The molecule has 160 valence electrons. The number of thiophene rings is 1. The average Bonchev–Trinajstić information content (AvgIpc) is 3.26. The molecule has 4 nitrogen and oxygen atoms in total. The third-order valence-electron chi connectivity index (χ3n) is 6.44. The lowest BCUT2D eigenvalue weighted by Crippen LogP contribution is -2.48. The molecule has 1 spiro atoms. The molecule has 1 aromatic heterocycles. The number of rotatable bonds is 5. The first-order valence-corrected chi connectivity index (χ1v) is 11.7. The molecule has 2 aliphatic heterocycles. The molecule has 0 saturated carbocycles. The molecule has 31 heavy (non-hydrogen) atoms. The Morgan fingerprint density at radius 1 is 1.10 bits per heavy atom. The Bertz CT molecular complexity index is 1040. The number of ether oxygens (including phenoxy) is 2. The van der Waals surface area contributed by atoms with E-state index in [2.05, 4.69) is 41.3 Å². The van der Waals surface area contributed by atoms with Crippen LogP contribution in [0, 0.1) is 0 Å². The summed E-state index contributed by atoms with van der Waals surface area (Å²) in [6, 6.07) is 22.2. The van der Waals surface area contributed by atoms with Gasteiger partial charge in [0.05, 0.1) is 10.5 Å². The number of fused-ring (bicyclic) bond motifs is 2. The lowest BCUT2D eigenvalue weighted by atomic mass is 9.81. The van der Waals surface area contributed by atoms with Crippen LogP contribution in [0.2, 0.25) is 0 Å². The lowest BCUT2D eigenvalue weighted by Gasteiger charge is -2.46. The zero-order valence-electron chi connectivity index (χ0n) is 17.8. The summed E-state index contributed by atoms with van der Waals surface area (Å²) in [5, 5.41) is 0. The molecule has 1 fully saturated rings. The zero-order chi connectivity index (χ0) is 21.3. The number of carbonyl (C=O) groups excluding carboxylic acids is 1. The Labute approximate surface area is 187 Å². The van der Waals surface area contributed by atoms with Gasteiger partial charge in [0, 0.05) is 43.6 Å². The second kappa shape index (κ2) is 8.67. The van der Waals surface area contributed by atoms with Crippen molar-refractivity contribution >= 4 is 17.1 Å². The van der Waals surface area contributed by atoms with E-state index < -0.39 is 0 Å². The minimum absolute atomic E-state index is 0.0885. The van der Waals surface area contributed by atoms with E-state index in [4.69, 9.17) is 9.47 Å². The van der Waals surface area contributed by atoms with E-state index >= 15 is 0 Å². The van der Waals surface area contributed by atoms with Gasteiger partial charge >= 0.3 is 0 Å². The molecule has 3 heterocycles. The Morgan fingerprint density at radius 2 is 1.77 bits per heavy atom. The molecule has 5 rings (SSSR count). The number of hydrogen-bond donors (Lipinski definition) is 0. The first-order valence-electron chi connectivity index (χ1n) is 10.9. The van der Waals surface area contributed by atoms with Gasteiger partial charge in [0.25, 0.3) is 0 Å². The number of methoxy groups -OCH3 is 1. The van der Waals surface area contributed by atoms with Crippen molar-refractivity contribution in [2.75, 3.05) is 20.2 Å². The summed E-state index contributed by atoms with van der Waals surface area (Å²) < 4.78 is 12.2. The van der Waals surface area contributed by atoms with Gasteiger partial charge in [0.1, 0.15) is 0 Å². The molecule has 1 unspecified atom stereocenters. The van der Waals surface area contributed by atoms with E-state index in [0.29, 0.717) is 6.42 Å². The van der Waals surface area contributed by atoms with Crippen molar-refractivity contribution in [3.8, 4) is 0 Å². The predicted molar refractivity (Wildman–Crippen MR) is 122 cm³/mol. The first kappa shape index (κ1) is 20.6. The first-order chi connectivity index (χ1) is 15.2. The summed E-state index contributed by atoms with van der Waals surface area (Å²) >= 11 is 1.61. The van der Waals surface area contributed by atoms with Gasteiger partial charge in [-0.2, -0.15) is 0 Å². The fourth-order valence-corrected chi connectivity index (χ4v) is 5.98. The highest BCUT2D eigenvalue weighted by molar-refractivity contribution is 7.14. The smallest absolute Gasteiger partial charge is 0.202 e. The standard InChI is InChI=1S/C26H27NO3S/c1-29-24-17-22-21(16-23(31-22)25(28)20-10-6-3-7-11-20)26(30-24)12-14-27(15-13-26)18-19-8-4-2-5-9-19/h2-11,16,24H,12-15,17-18H2,1H3. The number of carbonyl (C=O) groups is 1. The number of nitrogens with zero attached hydrogens (tertiary/aromatic N) is 1. The Morgan fingerprint density at radius 3 is 2.45 bits per heavy atom. The van der Waals surface area contributed by atoms with Crippen LogP contribution in [0.3, 0.4) is 0 Å². The van der Waals surface area contributed by atoms with Gasteiger partial charge < -0.3 is 9.47 Å². The Balaban J connectivity index is 1.39. The zero-order valence-corrected chi connectivity index (χ0v) is 18.6. The highest BCUT2D eigenvalue weighted by atomic mass is 32.1. The van der Waals surface area contributed by atoms with Crippen molar-refractivity contribution < 1.29 is 14.3 Å². The van der Waals surface area contributed by atoms with Crippen molar-refractivity contribution in [2.24, 2.45) is 0 Å². The van der Waals surface area contributed by atoms with Gasteiger partial charge in [-0.25, -0.2) is 0 Å². The number of hydrogen-bond acceptors (Lipinski definition) is 5. The largest absolute Gasteiger partial charge is 0.355 e. The second-order valence-electron chi connectivity index (χ2n) is 8.39. The predicted octanol–water partition coefficient (Wildman–Crippen LogP) is 5.02. The molecule has 1 saturated heterocycles. The van der Waals surface area contributed by atoms with E-state index in [1.165, 1.54) is 16.0 Å². The van der Waals surface area contributed by atoms with Crippen LogP contribution in [0.5, 0.6) is 0 Å².